The topological polar surface area (TPSA) is 37.8 Å². The Balaban J connectivity index is 1.51. The summed E-state index contributed by atoms with van der Waals surface area (Å²) in [5.74, 6) is 0.659. The summed E-state index contributed by atoms with van der Waals surface area (Å²) < 4.78 is 13.8. The Morgan fingerprint density at radius 3 is 2.50 bits per heavy atom. The van der Waals surface area contributed by atoms with Crippen LogP contribution in [-0.2, 0) is 12.3 Å². The van der Waals surface area contributed by atoms with E-state index in [1.807, 2.05) is 18.2 Å². The molecular weight excluding hydrogens is 317 g/mol. The summed E-state index contributed by atoms with van der Waals surface area (Å²) >= 11 is 3.20. The normalized spacial score (nSPS) is 10.6. The van der Waals surface area contributed by atoms with Crippen LogP contribution in [0, 0.1) is 5.82 Å². The van der Waals surface area contributed by atoms with Crippen LogP contribution in [0.15, 0.2) is 58.9 Å². The predicted octanol–water partition coefficient (Wildman–Crippen LogP) is 4.58. The molecule has 112 valence electrons. The van der Waals surface area contributed by atoms with Crippen molar-refractivity contribution in [3.05, 3.63) is 71.5 Å². The first-order valence-corrected chi connectivity index (χ1v) is 8.58. The first-order valence-electron chi connectivity index (χ1n) is 6.78. The molecule has 0 aliphatic heterocycles. The molecule has 0 spiro atoms. The van der Waals surface area contributed by atoms with Gasteiger partial charge in [-0.15, -0.1) is 10.2 Å². The van der Waals surface area contributed by atoms with Crippen molar-refractivity contribution in [2.75, 3.05) is 5.32 Å². The number of nitrogens with zero attached hydrogens (tertiary/aromatic N) is 2. The number of hydrogen-bond donors (Lipinski definition) is 1. The minimum absolute atomic E-state index is 0.223. The zero-order chi connectivity index (χ0) is 15.2. The zero-order valence-electron chi connectivity index (χ0n) is 11.7. The predicted molar refractivity (Wildman–Crippen MR) is 89.6 cm³/mol. The van der Waals surface area contributed by atoms with Gasteiger partial charge < -0.3 is 5.32 Å². The summed E-state index contributed by atoms with van der Waals surface area (Å²) in [5, 5.41) is 12.3. The van der Waals surface area contributed by atoms with E-state index < -0.39 is 0 Å². The Kier molecular flexibility index (Phi) is 5.03. The van der Waals surface area contributed by atoms with Crippen molar-refractivity contribution in [3.8, 4) is 0 Å². The second-order valence-electron chi connectivity index (χ2n) is 4.63. The molecule has 1 heterocycles. The number of halogens is 1. The van der Waals surface area contributed by atoms with Crippen LogP contribution in [0.5, 0.6) is 0 Å². The molecule has 0 saturated heterocycles. The van der Waals surface area contributed by atoms with E-state index in [-0.39, 0.29) is 5.82 Å². The molecule has 22 heavy (non-hydrogen) atoms. The third kappa shape index (κ3) is 4.29. The van der Waals surface area contributed by atoms with Crippen LogP contribution in [-0.4, -0.2) is 10.2 Å². The minimum atomic E-state index is -0.223. The lowest BCUT2D eigenvalue weighted by molar-refractivity contribution is 0.627. The molecule has 1 aromatic heterocycles. The Bertz CT molecular complexity index is 714. The number of thioether (sulfide) groups is 1. The quantitative estimate of drug-likeness (QED) is 0.671. The van der Waals surface area contributed by atoms with E-state index in [2.05, 4.69) is 27.6 Å². The molecular formula is C16H14FN3S2. The lowest BCUT2D eigenvalue weighted by atomic mass is 10.2. The summed E-state index contributed by atoms with van der Waals surface area (Å²) in [4.78, 5) is 0. The molecule has 6 heteroatoms. The Hall–Kier alpha value is -1.92. The maximum atomic E-state index is 12.8. The Labute approximate surface area is 136 Å². The molecule has 3 aromatic rings. The molecule has 0 aliphatic rings. The van der Waals surface area contributed by atoms with Crippen molar-refractivity contribution >= 4 is 28.2 Å². The summed E-state index contributed by atoms with van der Waals surface area (Å²) in [5.41, 5.74) is 2.28. The fourth-order valence-electron chi connectivity index (χ4n) is 1.84. The average Bonchev–Trinajstić information content (AvgIpc) is 3.01. The monoisotopic (exact) mass is 331 g/mol. The number of benzene rings is 2. The lowest BCUT2D eigenvalue weighted by Gasteiger charge is -2.01. The van der Waals surface area contributed by atoms with E-state index in [1.165, 1.54) is 29.0 Å². The fraction of sp³-hybridized carbons (Fsp3) is 0.125. The number of anilines is 1. The molecule has 0 radical (unpaired) electrons. The fourth-order valence-corrected chi connectivity index (χ4v) is 3.54. The molecule has 3 rings (SSSR count). The van der Waals surface area contributed by atoms with Crippen molar-refractivity contribution in [3.63, 3.8) is 0 Å². The van der Waals surface area contributed by atoms with Crippen LogP contribution < -0.4 is 5.32 Å². The summed E-state index contributed by atoms with van der Waals surface area (Å²) in [6.07, 6.45) is 0. The summed E-state index contributed by atoms with van der Waals surface area (Å²) in [7, 11) is 0. The third-order valence-electron chi connectivity index (χ3n) is 2.97. The molecule has 0 bridgehead atoms. The van der Waals surface area contributed by atoms with Crippen molar-refractivity contribution in [2.45, 2.75) is 16.6 Å². The van der Waals surface area contributed by atoms with Gasteiger partial charge >= 0.3 is 0 Å². The van der Waals surface area contributed by atoms with Crippen molar-refractivity contribution in [1.82, 2.24) is 10.2 Å². The highest BCUT2D eigenvalue weighted by Gasteiger charge is 2.05. The van der Waals surface area contributed by atoms with E-state index in [1.54, 1.807) is 23.9 Å². The van der Waals surface area contributed by atoms with Gasteiger partial charge in [0.05, 0.1) is 0 Å². The molecule has 0 aliphatic carbocycles. The highest BCUT2D eigenvalue weighted by atomic mass is 32.2. The van der Waals surface area contributed by atoms with Crippen LogP contribution in [0.3, 0.4) is 0 Å². The second-order valence-corrected chi connectivity index (χ2v) is 6.83. The smallest absolute Gasteiger partial charge is 0.206 e. The first-order chi connectivity index (χ1) is 10.8. The number of nitrogens with one attached hydrogen (secondary N) is 1. The van der Waals surface area contributed by atoms with Crippen molar-refractivity contribution in [2.24, 2.45) is 0 Å². The van der Waals surface area contributed by atoms with Gasteiger partial charge in [0.2, 0.25) is 5.13 Å². The van der Waals surface area contributed by atoms with Gasteiger partial charge in [-0.1, -0.05) is 65.6 Å². The van der Waals surface area contributed by atoms with Gasteiger partial charge in [0.15, 0.2) is 4.34 Å². The molecule has 1 N–H and O–H groups in total. The molecule has 0 amide bonds. The van der Waals surface area contributed by atoms with Crippen LogP contribution in [0.4, 0.5) is 9.52 Å². The van der Waals surface area contributed by atoms with Gasteiger partial charge in [-0.3, -0.25) is 0 Å². The van der Waals surface area contributed by atoms with Gasteiger partial charge in [0.1, 0.15) is 5.82 Å². The van der Waals surface area contributed by atoms with Gasteiger partial charge in [-0.25, -0.2) is 4.39 Å². The van der Waals surface area contributed by atoms with E-state index in [0.717, 1.165) is 20.8 Å². The molecule has 0 fully saturated rings. The van der Waals surface area contributed by atoms with Crippen LogP contribution in [0.1, 0.15) is 11.1 Å². The summed E-state index contributed by atoms with van der Waals surface area (Å²) in [6, 6.07) is 16.7. The van der Waals surface area contributed by atoms with Crippen LogP contribution >= 0.6 is 23.1 Å². The first kappa shape index (κ1) is 15.0. The molecule has 0 saturated carbocycles. The van der Waals surface area contributed by atoms with Gasteiger partial charge in [-0.05, 0) is 23.3 Å². The lowest BCUT2D eigenvalue weighted by Crippen LogP contribution is -1.98. The van der Waals surface area contributed by atoms with E-state index in [4.69, 9.17) is 0 Å². The Morgan fingerprint density at radius 2 is 1.73 bits per heavy atom. The number of rotatable bonds is 6. The van der Waals surface area contributed by atoms with E-state index >= 15 is 0 Å². The largest absolute Gasteiger partial charge is 0.356 e. The average molecular weight is 331 g/mol. The van der Waals surface area contributed by atoms with Crippen molar-refractivity contribution in [1.29, 1.82) is 0 Å². The van der Waals surface area contributed by atoms with Gasteiger partial charge in [0.25, 0.3) is 0 Å². The zero-order valence-corrected chi connectivity index (χ0v) is 13.3. The SMILES string of the molecule is Fc1ccc(CNc2nnc(SCc3ccccc3)s2)cc1. The van der Waals surface area contributed by atoms with Crippen LogP contribution in [0.25, 0.3) is 0 Å². The van der Waals surface area contributed by atoms with Crippen LogP contribution in [0.2, 0.25) is 0 Å². The third-order valence-corrected chi connectivity index (χ3v) is 5.05. The second kappa shape index (κ2) is 7.38. The van der Waals surface area contributed by atoms with Crippen molar-refractivity contribution < 1.29 is 4.39 Å². The maximum absolute atomic E-state index is 12.8. The molecule has 0 unspecified atom stereocenters. The Morgan fingerprint density at radius 1 is 0.955 bits per heavy atom. The standard InChI is InChI=1S/C16H14FN3S2/c17-14-8-6-12(7-9-14)10-18-15-19-20-16(22-15)21-11-13-4-2-1-3-5-13/h1-9H,10-11H2,(H,18,19). The highest BCUT2D eigenvalue weighted by molar-refractivity contribution is 8.00. The number of hydrogen-bond acceptors (Lipinski definition) is 5. The molecule has 2 aromatic carbocycles. The van der Waals surface area contributed by atoms with Gasteiger partial charge in [0, 0.05) is 12.3 Å². The maximum Gasteiger partial charge on any atom is 0.206 e. The summed E-state index contributed by atoms with van der Waals surface area (Å²) in [6.45, 7) is 0.609. The molecule has 3 nitrogen and oxygen atoms in total. The van der Waals surface area contributed by atoms with E-state index in [0.29, 0.717) is 6.54 Å². The number of aromatic nitrogens is 2. The van der Waals surface area contributed by atoms with E-state index in [9.17, 15) is 4.39 Å². The molecule has 0 atom stereocenters. The minimum Gasteiger partial charge on any atom is -0.356 e. The highest BCUT2D eigenvalue weighted by Crippen LogP contribution is 2.28. The van der Waals surface area contributed by atoms with Gasteiger partial charge in [-0.2, -0.15) is 0 Å².